The summed E-state index contributed by atoms with van der Waals surface area (Å²) in [4.78, 5) is 25.4. The summed E-state index contributed by atoms with van der Waals surface area (Å²) in [6.45, 7) is 12.5. The molecular weight excluding hydrogens is 230 g/mol. The van der Waals surface area contributed by atoms with Crippen molar-refractivity contribution in [2.45, 2.75) is 47.6 Å². The summed E-state index contributed by atoms with van der Waals surface area (Å²) < 4.78 is 0. The molecule has 4 heteroatoms. The van der Waals surface area contributed by atoms with Crippen LogP contribution in [-0.2, 0) is 9.59 Å². The Morgan fingerprint density at radius 2 is 1.67 bits per heavy atom. The van der Waals surface area contributed by atoms with Crippen molar-refractivity contribution in [2.24, 2.45) is 23.2 Å². The maximum absolute atomic E-state index is 12.5. The first-order valence-electron chi connectivity index (χ1n) is 6.64. The van der Waals surface area contributed by atoms with E-state index in [1.807, 2.05) is 32.6 Å². The number of hydrogen-bond acceptors (Lipinski definition) is 2. The Balaban J connectivity index is 2.83. The highest BCUT2D eigenvalue weighted by Gasteiger charge is 2.66. The summed E-state index contributed by atoms with van der Waals surface area (Å²) in [5.74, 6) is -1.36. The van der Waals surface area contributed by atoms with Crippen LogP contribution in [0.3, 0.4) is 0 Å². The number of carbonyl (C=O) groups is 2. The van der Waals surface area contributed by atoms with Crippen LogP contribution in [0.4, 0.5) is 0 Å². The minimum absolute atomic E-state index is 0.00361. The Hall–Kier alpha value is -1.06. The standard InChI is InChI=1S/C14H25NO3/c1-8(2)7-15(9(3)4)12(16)10-11(13(17)18)14(10,5)6/h8-11H,7H2,1-6H3,(H,17,18). The molecule has 0 aromatic rings. The molecule has 4 nitrogen and oxygen atoms in total. The predicted molar refractivity (Wildman–Crippen MR) is 70.1 cm³/mol. The van der Waals surface area contributed by atoms with Crippen LogP contribution in [0.2, 0.25) is 0 Å². The molecule has 0 bridgehead atoms. The molecule has 0 aliphatic heterocycles. The van der Waals surface area contributed by atoms with Crippen LogP contribution in [0.15, 0.2) is 0 Å². The Labute approximate surface area is 109 Å². The van der Waals surface area contributed by atoms with Gasteiger partial charge in [-0.25, -0.2) is 0 Å². The zero-order valence-corrected chi connectivity index (χ0v) is 12.2. The summed E-state index contributed by atoms with van der Waals surface area (Å²) in [6.07, 6.45) is 0. The third-order valence-corrected chi connectivity index (χ3v) is 3.83. The van der Waals surface area contributed by atoms with E-state index in [4.69, 9.17) is 5.11 Å². The lowest BCUT2D eigenvalue weighted by molar-refractivity contribution is -0.142. The summed E-state index contributed by atoms with van der Waals surface area (Å²) in [7, 11) is 0. The van der Waals surface area contributed by atoms with Crippen molar-refractivity contribution in [1.29, 1.82) is 0 Å². The fraction of sp³-hybridized carbons (Fsp3) is 0.857. The van der Waals surface area contributed by atoms with Crippen molar-refractivity contribution in [3.63, 3.8) is 0 Å². The van der Waals surface area contributed by atoms with Crippen LogP contribution in [0, 0.1) is 23.2 Å². The van der Waals surface area contributed by atoms with E-state index in [1.54, 1.807) is 0 Å². The van der Waals surface area contributed by atoms with E-state index in [0.717, 1.165) is 0 Å². The molecule has 0 spiro atoms. The molecule has 0 aromatic heterocycles. The summed E-state index contributed by atoms with van der Waals surface area (Å²) in [5.41, 5.74) is -0.410. The molecule has 2 atom stereocenters. The van der Waals surface area contributed by atoms with Crippen LogP contribution >= 0.6 is 0 Å². The summed E-state index contributed by atoms with van der Waals surface area (Å²) >= 11 is 0. The molecule has 0 aromatic carbocycles. The number of amides is 1. The minimum Gasteiger partial charge on any atom is -0.481 e. The zero-order chi connectivity index (χ0) is 14.2. The Morgan fingerprint density at radius 3 is 1.94 bits per heavy atom. The first-order chi connectivity index (χ1) is 8.10. The van der Waals surface area contributed by atoms with E-state index in [-0.39, 0.29) is 17.9 Å². The molecule has 1 rings (SSSR count). The third-order valence-electron chi connectivity index (χ3n) is 3.83. The maximum atomic E-state index is 12.5. The van der Waals surface area contributed by atoms with Gasteiger partial charge in [0.05, 0.1) is 11.8 Å². The molecular formula is C14H25NO3. The molecule has 1 N–H and O–H groups in total. The molecule has 2 unspecified atom stereocenters. The van der Waals surface area contributed by atoms with Crippen molar-refractivity contribution in [3.05, 3.63) is 0 Å². The second kappa shape index (κ2) is 4.90. The van der Waals surface area contributed by atoms with Crippen molar-refractivity contribution in [3.8, 4) is 0 Å². The van der Waals surface area contributed by atoms with E-state index in [0.29, 0.717) is 12.5 Å². The molecule has 0 radical (unpaired) electrons. The van der Waals surface area contributed by atoms with Crippen molar-refractivity contribution in [1.82, 2.24) is 4.90 Å². The van der Waals surface area contributed by atoms with E-state index in [2.05, 4.69) is 13.8 Å². The quantitative estimate of drug-likeness (QED) is 0.819. The summed E-state index contributed by atoms with van der Waals surface area (Å²) in [5, 5.41) is 9.14. The van der Waals surface area contributed by atoms with E-state index in [1.165, 1.54) is 0 Å². The SMILES string of the molecule is CC(C)CN(C(=O)C1C(C(=O)O)C1(C)C)C(C)C. The van der Waals surface area contributed by atoms with E-state index in [9.17, 15) is 9.59 Å². The van der Waals surface area contributed by atoms with Crippen LogP contribution in [0.25, 0.3) is 0 Å². The van der Waals surface area contributed by atoms with Crippen molar-refractivity contribution >= 4 is 11.9 Å². The first kappa shape index (κ1) is 15.0. The molecule has 0 heterocycles. The van der Waals surface area contributed by atoms with Gasteiger partial charge in [-0.2, -0.15) is 0 Å². The fourth-order valence-electron chi connectivity index (χ4n) is 2.69. The maximum Gasteiger partial charge on any atom is 0.307 e. The Kier molecular flexibility index (Phi) is 4.08. The predicted octanol–water partition coefficient (Wildman–Crippen LogP) is 2.24. The number of carboxylic acid groups (broad SMARTS) is 1. The number of aliphatic carboxylic acids is 1. The molecule has 1 aliphatic rings. The van der Waals surface area contributed by atoms with Gasteiger partial charge < -0.3 is 10.0 Å². The molecule has 104 valence electrons. The highest BCUT2D eigenvalue weighted by Crippen LogP contribution is 2.59. The highest BCUT2D eigenvalue weighted by molar-refractivity contribution is 5.91. The monoisotopic (exact) mass is 255 g/mol. The van der Waals surface area contributed by atoms with Gasteiger partial charge in [0.25, 0.3) is 0 Å². The van der Waals surface area contributed by atoms with Gasteiger partial charge in [-0.3, -0.25) is 9.59 Å². The average Bonchev–Trinajstić information content (AvgIpc) is 2.76. The first-order valence-corrected chi connectivity index (χ1v) is 6.64. The van der Waals surface area contributed by atoms with Gasteiger partial charge in [0.2, 0.25) is 5.91 Å². The second-order valence-corrected chi connectivity index (χ2v) is 6.59. The lowest BCUT2D eigenvalue weighted by Gasteiger charge is -2.29. The Morgan fingerprint density at radius 1 is 1.17 bits per heavy atom. The van der Waals surface area contributed by atoms with Crippen LogP contribution in [0.5, 0.6) is 0 Å². The second-order valence-electron chi connectivity index (χ2n) is 6.59. The van der Waals surface area contributed by atoms with Gasteiger partial charge in [0, 0.05) is 12.6 Å². The van der Waals surface area contributed by atoms with Gasteiger partial charge in [0.1, 0.15) is 0 Å². The summed E-state index contributed by atoms with van der Waals surface area (Å²) in [6, 6.07) is 0.116. The van der Waals surface area contributed by atoms with Crippen molar-refractivity contribution < 1.29 is 14.7 Å². The van der Waals surface area contributed by atoms with Crippen LogP contribution in [-0.4, -0.2) is 34.5 Å². The molecule has 1 amide bonds. The molecule has 18 heavy (non-hydrogen) atoms. The zero-order valence-electron chi connectivity index (χ0n) is 12.2. The third kappa shape index (κ3) is 2.68. The van der Waals surface area contributed by atoms with Crippen molar-refractivity contribution in [2.75, 3.05) is 6.54 Å². The average molecular weight is 255 g/mol. The minimum atomic E-state index is -0.855. The molecule has 1 saturated carbocycles. The van der Waals surface area contributed by atoms with E-state index >= 15 is 0 Å². The number of hydrogen-bond donors (Lipinski definition) is 1. The van der Waals surface area contributed by atoms with Gasteiger partial charge >= 0.3 is 5.97 Å². The largest absolute Gasteiger partial charge is 0.481 e. The smallest absolute Gasteiger partial charge is 0.307 e. The lowest BCUT2D eigenvalue weighted by Crippen LogP contribution is -2.41. The van der Waals surface area contributed by atoms with Gasteiger partial charge in [0.15, 0.2) is 0 Å². The molecule has 0 saturated heterocycles. The topological polar surface area (TPSA) is 57.6 Å². The number of carboxylic acids is 1. The number of rotatable bonds is 5. The highest BCUT2D eigenvalue weighted by atomic mass is 16.4. The normalized spacial score (nSPS) is 25.3. The fourth-order valence-corrected chi connectivity index (χ4v) is 2.69. The van der Waals surface area contributed by atoms with Crippen LogP contribution < -0.4 is 0 Å². The van der Waals surface area contributed by atoms with Gasteiger partial charge in [-0.05, 0) is 25.2 Å². The lowest BCUT2D eigenvalue weighted by atomic mass is 10.1. The number of carbonyl (C=O) groups excluding carboxylic acids is 1. The van der Waals surface area contributed by atoms with Crippen LogP contribution in [0.1, 0.15) is 41.5 Å². The molecule has 1 fully saturated rings. The van der Waals surface area contributed by atoms with Gasteiger partial charge in [-0.15, -0.1) is 0 Å². The van der Waals surface area contributed by atoms with Gasteiger partial charge in [-0.1, -0.05) is 27.7 Å². The molecule has 1 aliphatic carbocycles. The Bertz CT molecular complexity index is 347. The number of nitrogens with zero attached hydrogens (tertiary/aromatic N) is 1. The van der Waals surface area contributed by atoms with E-state index < -0.39 is 17.3 Å².